The van der Waals surface area contributed by atoms with Crippen LogP contribution in [0, 0.1) is 0 Å². The molecule has 0 aromatic heterocycles. The van der Waals surface area contributed by atoms with Gasteiger partial charge in [0.1, 0.15) is 5.75 Å². The lowest BCUT2D eigenvalue weighted by atomic mass is 10.1. The molecule has 0 saturated carbocycles. The van der Waals surface area contributed by atoms with E-state index in [9.17, 15) is 4.79 Å². The van der Waals surface area contributed by atoms with Crippen LogP contribution in [0.4, 0.5) is 0 Å². The standard InChI is InChI=1S/C20H25NO4/c1-23-18-12-7-11-17(14-18)15-24-19(20(22)25-21)13-6-5-10-16-8-3-2-4-9-16/h2-4,7-9,11-12,14,19H,5-6,10,13,15,21H2,1H3/t19-/m1/s1. The molecule has 2 aromatic carbocycles. The Morgan fingerprint density at radius 2 is 1.80 bits per heavy atom. The van der Waals surface area contributed by atoms with Crippen molar-refractivity contribution in [2.75, 3.05) is 7.11 Å². The fraction of sp³-hybridized carbons (Fsp3) is 0.350. The molecule has 0 radical (unpaired) electrons. The molecule has 1 atom stereocenters. The zero-order chi connectivity index (χ0) is 17.9. The largest absolute Gasteiger partial charge is 0.497 e. The molecule has 2 rings (SSSR count). The van der Waals surface area contributed by atoms with E-state index in [1.165, 1.54) is 5.56 Å². The first kappa shape index (κ1) is 19.0. The maximum Gasteiger partial charge on any atom is 0.353 e. The average molecular weight is 343 g/mol. The number of carbonyl (C=O) groups excluding carboxylic acids is 1. The van der Waals surface area contributed by atoms with Crippen molar-refractivity contribution in [2.24, 2.45) is 5.90 Å². The van der Waals surface area contributed by atoms with Gasteiger partial charge in [0.2, 0.25) is 0 Å². The van der Waals surface area contributed by atoms with E-state index in [0.717, 1.165) is 30.6 Å². The smallest absolute Gasteiger partial charge is 0.353 e. The number of methoxy groups -OCH3 is 1. The van der Waals surface area contributed by atoms with Gasteiger partial charge >= 0.3 is 5.97 Å². The molecule has 2 N–H and O–H groups in total. The van der Waals surface area contributed by atoms with Gasteiger partial charge in [0.05, 0.1) is 13.7 Å². The van der Waals surface area contributed by atoms with E-state index in [1.807, 2.05) is 42.5 Å². The van der Waals surface area contributed by atoms with Crippen LogP contribution < -0.4 is 10.6 Å². The number of carbonyl (C=O) groups is 1. The van der Waals surface area contributed by atoms with Gasteiger partial charge in [-0.3, -0.25) is 0 Å². The van der Waals surface area contributed by atoms with Gasteiger partial charge in [0, 0.05) is 0 Å². The van der Waals surface area contributed by atoms with Crippen molar-refractivity contribution >= 4 is 5.97 Å². The van der Waals surface area contributed by atoms with Crippen molar-refractivity contribution < 1.29 is 19.1 Å². The number of hydrogen-bond donors (Lipinski definition) is 1. The van der Waals surface area contributed by atoms with E-state index in [4.69, 9.17) is 15.4 Å². The van der Waals surface area contributed by atoms with Crippen LogP contribution in [0.5, 0.6) is 5.75 Å². The van der Waals surface area contributed by atoms with Crippen molar-refractivity contribution in [1.82, 2.24) is 0 Å². The third kappa shape index (κ3) is 6.57. The van der Waals surface area contributed by atoms with Gasteiger partial charge in [-0.2, -0.15) is 5.90 Å². The number of aryl methyl sites for hydroxylation is 1. The van der Waals surface area contributed by atoms with Gasteiger partial charge in [0.25, 0.3) is 0 Å². The van der Waals surface area contributed by atoms with Gasteiger partial charge in [-0.15, -0.1) is 0 Å². The minimum absolute atomic E-state index is 0.301. The van der Waals surface area contributed by atoms with E-state index in [0.29, 0.717) is 13.0 Å². The zero-order valence-corrected chi connectivity index (χ0v) is 14.5. The molecule has 5 heteroatoms. The maximum absolute atomic E-state index is 11.8. The average Bonchev–Trinajstić information content (AvgIpc) is 2.67. The first-order chi connectivity index (χ1) is 12.2. The lowest BCUT2D eigenvalue weighted by molar-refractivity contribution is -0.159. The summed E-state index contributed by atoms with van der Waals surface area (Å²) >= 11 is 0. The van der Waals surface area contributed by atoms with Gasteiger partial charge in [-0.1, -0.05) is 42.5 Å². The van der Waals surface area contributed by atoms with E-state index in [-0.39, 0.29) is 0 Å². The van der Waals surface area contributed by atoms with Crippen molar-refractivity contribution in [3.63, 3.8) is 0 Å². The van der Waals surface area contributed by atoms with Gasteiger partial charge < -0.3 is 14.3 Å². The Bertz CT molecular complexity index is 645. The number of hydrogen-bond acceptors (Lipinski definition) is 5. The van der Waals surface area contributed by atoms with Crippen molar-refractivity contribution in [3.8, 4) is 5.75 Å². The molecule has 0 aliphatic heterocycles. The molecule has 0 amide bonds. The summed E-state index contributed by atoms with van der Waals surface area (Å²) in [6.45, 7) is 0.301. The van der Waals surface area contributed by atoms with Gasteiger partial charge in [-0.25, -0.2) is 4.79 Å². The molecule has 0 unspecified atom stereocenters. The summed E-state index contributed by atoms with van der Waals surface area (Å²) in [6, 6.07) is 17.8. The Balaban J connectivity index is 1.80. The predicted octanol–water partition coefficient (Wildman–Crippen LogP) is 3.41. The highest BCUT2D eigenvalue weighted by atomic mass is 16.7. The lowest BCUT2D eigenvalue weighted by Gasteiger charge is -2.15. The van der Waals surface area contributed by atoms with Crippen LogP contribution in [0.3, 0.4) is 0 Å². The van der Waals surface area contributed by atoms with Crippen LogP contribution in [-0.2, 0) is 27.4 Å². The second-order valence-electron chi connectivity index (χ2n) is 5.82. The highest BCUT2D eigenvalue weighted by Crippen LogP contribution is 2.16. The second-order valence-corrected chi connectivity index (χ2v) is 5.82. The monoisotopic (exact) mass is 343 g/mol. The SMILES string of the molecule is COc1cccc(CO[C@H](CCCCc2ccccc2)C(=O)ON)c1. The Hall–Kier alpha value is -2.37. The van der Waals surface area contributed by atoms with Crippen LogP contribution in [0.1, 0.15) is 30.4 Å². The van der Waals surface area contributed by atoms with Crippen molar-refractivity contribution in [2.45, 2.75) is 38.4 Å². The highest BCUT2D eigenvalue weighted by Gasteiger charge is 2.20. The van der Waals surface area contributed by atoms with Crippen LogP contribution >= 0.6 is 0 Å². The fourth-order valence-corrected chi connectivity index (χ4v) is 2.61. The number of unbranched alkanes of at least 4 members (excludes halogenated alkanes) is 1. The Morgan fingerprint density at radius 3 is 2.52 bits per heavy atom. The van der Waals surface area contributed by atoms with Crippen LogP contribution in [0.25, 0.3) is 0 Å². The first-order valence-electron chi connectivity index (χ1n) is 8.42. The fourth-order valence-electron chi connectivity index (χ4n) is 2.61. The lowest BCUT2D eigenvalue weighted by Crippen LogP contribution is -2.28. The van der Waals surface area contributed by atoms with E-state index in [1.54, 1.807) is 7.11 Å². The molecule has 0 aliphatic rings. The Kier molecular flexibility index (Phi) is 7.95. The summed E-state index contributed by atoms with van der Waals surface area (Å²) in [6.07, 6.45) is 2.72. The van der Waals surface area contributed by atoms with Crippen LogP contribution in [-0.4, -0.2) is 19.2 Å². The summed E-state index contributed by atoms with van der Waals surface area (Å²) < 4.78 is 10.9. The van der Waals surface area contributed by atoms with E-state index >= 15 is 0 Å². The second kappa shape index (κ2) is 10.5. The minimum Gasteiger partial charge on any atom is -0.497 e. The molecule has 0 aliphatic carbocycles. The zero-order valence-electron chi connectivity index (χ0n) is 14.5. The van der Waals surface area contributed by atoms with Crippen LogP contribution in [0.2, 0.25) is 0 Å². The topological polar surface area (TPSA) is 70.8 Å². The summed E-state index contributed by atoms with van der Waals surface area (Å²) in [5.41, 5.74) is 2.22. The molecule has 2 aromatic rings. The van der Waals surface area contributed by atoms with E-state index in [2.05, 4.69) is 17.0 Å². The summed E-state index contributed by atoms with van der Waals surface area (Å²) in [5, 5.41) is 0. The predicted molar refractivity (Wildman–Crippen MR) is 95.8 cm³/mol. The summed E-state index contributed by atoms with van der Waals surface area (Å²) in [5.74, 6) is 5.25. The number of rotatable bonds is 10. The molecule has 134 valence electrons. The minimum atomic E-state index is -0.660. The molecule has 5 nitrogen and oxygen atoms in total. The third-order valence-corrected chi connectivity index (χ3v) is 3.99. The molecular formula is C20H25NO4. The van der Waals surface area contributed by atoms with Gasteiger partial charge in [0.15, 0.2) is 6.10 Å². The number of benzene rings is 2. The molecular weight excluding hydrogens is 318 g/mol. The Labute approximate surface area is 148 Å². The number of ether oxygens (including phenoxy) is 2. The summed E-state index contributed by atoms with van der Waals surface area (Å²) in [4.78, 5) is 16.2. The molecule has 0 heterocycles. The van der Waals surface area contributed by atoms with Crippen molar-refractivity contribution in [1.29, 1.82) is 0 Å². The highest BCUT2D eigenvalue weighted by molar-refractivity contribution is 5.74. The normalized spacial score (nSPS) is 11.8. The van der Waals surface area contributed by atoms with E-state index < -0.39 is 12.1 Å². The molecule has 0 bridgehead atoms. The third-order valence-electron chi connectivity index (χ3n) is 3.99. The summed E-state index contributed by atoms with van der Waals surface area (Å²) in [7, 11) is 1.61. The van der Waals surface area contributed by atoms with Gasteiger partial charge in [-0.05, 0) is 48.9 Å². The number of nitrogens with two attached hydrogens (primary N) is 1. The molecule has 0 spiro atoms. The Morgan fingerprint density at radius 1 is 1.04 bits per heavy atom. The molecule has 25 heavy (non-hydrogen) atoms. The van der Waals surface area contributed by atoms with Crippen LogP contribution in [0.15, 0.2) is 54.6 Å². The quantitative estimate of drug-likeness (QED) is 0.529. The van der Waals surface area contributed by atoms with Crippen molar-refractivity contribution in [3.05, 3.63) is 65.7 Å². The molecule has 0 saturated heterocycles. The maximum atomic E-state index is 11.8. The molecule has 0 fully saturated rings. The first-order valence-corrected chi connectivity index (χ1v) is 8.42.